The lowest BCUT2D eigenvalue weighted by atomic mass is 9.97. The number of likely N-dealkylation sites (N-methyl/N-ethyl adjacent to an activating group) is 1. The van der Waals surface area contributed by atoms with Crippen LogP contribution < -0.4 is 4.90 Å². The van der Waals surface area contributed by atoms with Gasteiger partial charge in [-0.1, -0.05) is 31.2 Å². The molecule has 3 aromatic carbocycles. The maximum atomic E-state index is 5.08. The molecule has 1 saturated heterocycles. The van der Waals surface area contributed by atoms with Crippen molar-refractivity contribution in [3.05, 3.63) is 65.7 Å². The van der Waals surface area contributed by atoms with Crippen LogP contribution in [0.3, 0.4) is 0 Å². The summed E-state index contributed by atoms with van der Waals surface area (Å²) in [5.41, 5.74) is 10.2. The van der Waals surface area contributed by atoms with Gasteiger partial charge >= 0.3 is 0 Å². The molecular formula is C30H35N7. The van der Waals surface area contributed by atoms with E-state index in [1.165, 1.54) is 27.9 Å². The van der Waals surface area contributed by atoms with Crippen molar-refractivity contribution in [3.63, 3.8) is 0 Å². The molecule has 0 atom stereocenters. The molecule has 1 aliphatic rings. The lowest BCUT2D eigenvalue weighted by Crippen LogP contribution is -2.44. The van der Waals surface area contributed by atoms with Crippen molar-refractivity contribution >= 4 is 27.6 Å². The van der Waals surface area contributed by atoms with E-state index in [0.29, 0.717) is 0 Å². The Balaban J connectivity index is 1.41. The van der Waals surface area contributed by atoms with Gasteiger partial charge in [-0.15, -0.1) is 0 Å². The molecular weight excluding hydrogens is 458 g/mol. The number of fused-ring (bicyclic) bond motifs is 2. The Hall–Kier alpha value is -3.68. The lowest BCUT2D eigenvalue weighted by Gasteiger charge is -2.34. The van der Waals surface area contributed by atoms with Gasteiger partial charge < -0.3 is 19.7 Å². The smallest absolute Gasteiger partial charge is 0.159 e. The van der Waals surface area contributed by atoms with Crippen LogP contribution in [0.15, 0.2) is 54.6 Å². The number of anilines is 1. The van der Waals surface area contributed by atoms with Gasteiger partial charge in [0, 0.05) is 38.1 Å². The zero-order chi connectivity index (χ0) is 25.5. The molecule has 6 rings (SSSR count). The van der Waals surface area contributed by atoms with Gasteiger partial charge in [0.15, 0.2) is 5.82 Å². The standard InChI is InChI=1S/C30H35N7/c1-5-20-15-21(19-35(2)3)17-23(16-20)22-9-10-25-24(18-22)28(34-33-25)30-31-26-7-6-8-27(29(26)32-30)37-13-11-36(4)12-14-37/h6-10,15-18H,5,11-14,19H2,1-4H3,(H,31,32)(H,33,34). The first-order chi connectivity index (χ1) is 18.0. The van der Waals surface area contributed by atoms with E-state index in [-0.39, 0.29) is 0 Å². The fraction of sp³-hybridized carbons (Fsp3) is 0.333. The molecule has 7 heteroatoms. The molecule has 0 bridgehead atoms. The molecule has 3 heterocycles. The van der Waals surface area contributed by atoms with E-state index in [4.69, 9.17) is 10.1 Å². The second-order valence-electron chi connectivity index (χ2n) is 10.5. The Labute approximate surface area is 218 Å². The average molecular weight is 494 g/mol. The van der Waals surface area contributed by atoms with E-state index in [0.717, 1.165) is 72.6 Å². The molecule has 0 unspecified atom stereocenters. The van der Waals surface area contributed by atoms with Crippen LogP contribution >= 0.6 is 0 Å². The number of rotatable bonds is 6. The number of nitrogens with one attached hydrogen (secondary N) is 2. The third-order valence-corrected chi connectivity index (χ3v) is 7.42. The van der Waals surface area contributed by atoms with Crippen molar-refractivity contribution in [2.75, 3.05) is 52.2 Å². The highest BCUT2D eigenvalue weighted by molar-refractivity contribution is 5.97. The summed E-state index contributed by atoms with van der Waals surface area (Å²) in [5, 5.41) is 8.99. The van der Waals surface area contributed by atoms with Crippen molar-refractivity contribution in [2.24, 2.45) is 0 Å². The molecule has 2 aromatic heterocycles. The first-order valence-corrected chi connectivity index (χ1v) is 13.2. The van der Waals surface area contributed by atoms with E-state index < -0.39 is 0 Å². The lowest BCUT2D eigenvalue weighted by molar-refractivity contribution is 0.313. The van der Waals surface area contributed by atoms with E-state index in [1.54, 1.807) is 0 Å². The molecule has 0 amide bonds. The number of para-hydroxylation sites is 1. The molecule has 190 valence electrons. The molecule has 1 fully saturated rings. The minimum Gasteiger partial charge on any atom is -0.367 e. The van der Waals surface area contributed by atoms with Crippen LogP contribution in [0.25, 0.3) is 44.6 Å². The van der Waals surface area contributed by atoms with Crippen LogP contribution in [-0.2, 0) is 13.0 Å². The molecule has 7 nitrogen and oxygen atoms in total. The van der Waals surface area contributed by atoms with Crippen LogP contribution in [0.5, 0.6) is 0 Å². The third-order valence-electron chi connectivity index (χ3n) is 7.42. The Morgan fingerprint density at radius 1 is 0.892 bits per heavy atom. The van der Waals surface area contributed by atoms with Crippen molar-refractivity contribution in [3.8, 4) is 22.6 Å². The average Bonchev–Trinajstić information content (AvgIpc) is 3.52. The summed E-state index contributed by atoms with van der Waals surface area (Å²) >= 11 is 0. The number of aryl methyl sites for hydroxylation is 1. The number of aromatic amines is 2. The number of imidazole rings is 1. The highest BCUT2D eigenvalue weighted by Crippen LogP contribution is 2.33. The Morgan fingerprint density at radius 2 is 1.70 bits per heavy atom. The summed E-state index contributed by atoms with van der Waals surface area (Å²) in [5.74, 6) is 0.801. The minimum atomic E-state index is 0.801. The fourth-order valence-corrected chi connectivity index (χ4v) is 5.40. The summed E-state index contributed by atoms with van der Waals surface area (Å²) in [7, 11) is 6.41. The summed E-state index contributed by atoms with van der Waals surface area (Å²) in [6.45, 7) is 7.30. The molecule has 0 spiro atoms. The van der Waals surface area contributed by atoms with Gasteiger partial charge in [-0.2, -0.15) is 5.10 Å². The monoisotopic (exact) mass is 493 g/mol. The first-order valence-electron chi connectivity index (χ1n) is 13.2. The number of H-pyrrole nitrogens is 2. The van der Waals surface area contributed by atoms with Crippen molar-refractivity contribution in [2.45, 2.75) is 19.9 Å². The molecule has 1 aliphatic heterocycles. The molecule has 0 aliphatic carbocycles. The van der Waals surface area contributed by atoms with Gasteiger partial charge in [0.1, 0.15) is 11.2 Å². The normalized spacial score (nSPS) is 14.9. The predicted molar refractivity (Wildman–Crippen MR) is 153 cm³/mol. The molecule has 0 saturated carbocycles. The Morgan fingerprint density at radius 3 is 2.49 bits per heavy atom. The van der Waals surface area contributed by atoms with E-state index in [9.17, 15) is 0 Å². The van der Waals surface area contributed by atoms with Gasteiger partial charge in [0.05, 0.1) is 16.7 Å². The topological polar surface area (TPSA) is 67.1 Å². The van der Waals surface area contributed by atoms with E-state index >= 15 is 0 Å². The number of hydrogen-bond donors (Lipinski definition) is 2. The first kappa shape index (κ1) is 23.7. The Kier molecular flexibility index (Phi) is 6.18. The molecule has 37 heavy (non-hydrogen) atoms. The Bertz CT molecular complexity index is 1550. The second kappa shape index (κ2) is 9.65. The summed E-state index contributed by atoms with van der Waals surface area (Å²) in [6, 6.07) is 19.9. The van der Waals surface area contributed by atoms with E-state index in [1.807, 2.05) is 0 Å². The van der Waals surface area contributed by atoms with Crippen LogP contribution in [0.2, 0.25) is 0 Å². The molecule has 0 radical (unpaired) electrons. The van der Waals surface area contributed by atoms with Crippen LogP contribution in [0, 0.1) is 0 Å². The summed E-state index contributed by atoms with van der Waals surface area (Å²) in [6.07, 6.45) is 1.02. The van der Waals surface area contributed by atoms with Crippen LogP contribution in [-0.4, -0.2) is 77.3 Å². The maximum Gasteiger partial charge on any atom is 0.159 e. The van der Waals surface area contributed by atoms with Gasteiger partial charge in [-0.25, -0.2) is 4.98 Å². The summed E-state index contributed by atoms with van der Waals surface area (Å²) < 4.78 is 0. The zero-order valence-electron chi connectivity index (χ0n) is 22.2. The van der Waals surface area contributed by atoms with Crippen molar-refractivity contribution < 1.29 is 0 Å². The number of benzene rings is 3. The number of piperazine rings is 1. The van der Waals surface area contributed by atoms with Gasteiger partial charge in [-0.3, -0.25) is 5.10 Å². The summed E-state index contributed by atoms with van der Waals surface area (Å²) in [4.78, 5) is 15.7. The number of aromatic nitrogens is 4. The van der Waals surface area contributed by atoms with Gasteiger partial charge in [-0.05, 0) is 80.1 Å². The quantitative estimate of drug-likeness (QED) is 0.343. The molecule has 2 N–H and O–H groups in total. The SMILES string of the molecule is CCc1cc(CN(C)C)cc(-c2ccc3[nH]nc(-c4nc5c(N6CCN(C)CC6)cccc5[nH]4)c3c2)c1. The molecule has 5 aromatic rings. The van der Waals surface area contributed by atoms with Gasteiger partial charge in [0.25, 0.3) is 0 Å². The minimum absolute atomic E-state index is 0.801. The van der Waals surface area contributed by atoms with E-state index in [2.05, 4.69) is 107 Å². The van der Waals surface area contributed by atoms with Crippen molar-refractivity contribution in [1.82, 2.24) is 30.0 Å². The number of hydrogen-bond acceptors (Lipinski definition) is 5. The fourth-order valence-electron chi connectivity index (χ4n) is 5.40. The van der Waals surface area contributed by atoms with Gasteiger partial charge in [0.2, 0.25) is 0 Å². The maximum absolute atomic E-state index is 5.08. The third kappa shape index (κ3) is 4.61. The van der Waals surface area contributed by atoms with Crippen LogP contribution in [0.1, 0.15) is 18.1 Å². The highest BCUT2D eigenvalue weighted by Gasteiger charge is 2.20. The predicted octanol–water partition coefficient (Wildman–Crippen LogP) is 5.15. The number of nitrogens with zero attached hydrogens (tertiary/aromatic N) is 5. The largest absolute Gasteiger partial charge is 0.367 e. The van der Waals surface area contributed by atoms with Crippen molar-refractivity contribution in [1.29, 1.82) is 0 Å². The zero-order valence-corrected chi connectivity index (χ0v) is 22.2. The highest BCUT2D eigenvalue weighted by atomic mass is 15.3. The second-order valence-corrected chi connectivity index (χ2v) is 10.5. The van der Waals surface area contributed by atoms with Crippen LogP contribution in [0.4, 0.5) is 5.69 Å².